The van der Waals surface area contributed by atoms with Gasteiger partial charge in [0, 0.05) is 37.1 Å². The number of carbonyl (C=O) groups excluding carboxylic acids is 1. The summed E-state index contributed by atoms with van der Waals surface area (Å²) in [7, 11) is 1.73. The predicted octanol–water partition coefficient (Wildman–Crippen LogP) is 3.54. The van der Waals surface area contributed by atoms with Crippen LogP contribution in [0.15, 0.2) is 55.0 Å². The van der Waals surface area contributed by atoms with Gasteiger partial charge in [0.1, 0.15) is 11.6 Å². The molecule has 0 unspecified atom stereocenters. The van der Waals surface area contributed by atoms with Crippen molar-refractivity contribution in [3.63, 3.8) is 0 Å². The van der Waals surface area contributed by atoms with E-state index in [1.807, 2.05) is 0 Å². The number of amides is 1. The summed E-state index contributed by atoms with van der Waals surface area (Å²) in [4.78, 5) is 16.2. The van der Waals surface area contributed by atoms with Gasteiger partial charge in [0.15, 0.2) is 0 Å². The second-order valence-corrected chi connectivity index (χ2v) is 5.40. The van der Waals surface area contributed by atoms with Crippen LogP contribution in [0.5, 0.6) is 0 Å². The molecule has 0 fully saturated rings. The first kappa shape index (κ1) is 15.9. The van der Waals surface area contributed by atoms with Gasteiger partial charge in [-0.3, -0.25) is 9.78 Å². The molecule has 0 aliphatic heterocycles. The fourth-order valence-corrected chi connectivity index (χ4v) is 2.43. The average Bonchev–Trinajstić information content (AvgIpc) is 2.93. The lowest BCUT2D eigenvalue weighted by molar-refractivity contribution is 0.102. The Morgan fingerprint density at radius 3 is 2.62 bits per heavy atom. The molecule has 0 saturated heterocycles. The Hall–Kier alpha value is -3.02. The molecule has 6 heteroatoms. The third-order valence-corrected chi connectivity index (χ3v) is 3.71. The number of carbonyl (C=O) groups is 1. The monoisotopic (exact) mass is 327 g/mol. The number of pyridine rings is 1. The maximum Gasteiger partial charge on any atom is 0.257 e. The predicted molar refractivity (Wildman–Crippen MR) is 86.8 cm³/mol. The van der Waals surface area contributed by atoms with Crippen LogP contribution in [0, 0.1) is 11.6 Å². The standard InChI is InChI=1S/C18H15F2N3O/c1-23-11-12(18(24)22-13-4-3-7-21-10-13)8-14(23)9-15-16(19)5-2-6-17(15)20/h2-8,10-11H,9H2,1H3,(H,22,24). The van der Waals surface area contributed by atoms with Gasteiger partial charge in [-0.1, -0.05) is 6.07 Å². The summed E-state index contributed by atoms with van der Waals surface area (Å²) in [6.07, 6.45) is 4.84. The van der Waals surface area contributed by atoms with Crippen molar-refractivity contribution >= 4 is 11.6 Å². The van der Waals surface area contributed by atoms with Gasteiger partial charge < -0.3 is 9.88 Å². The normalized spacial score (nSPS) is 10.6. The van der Waals surface area contributed by atoms with Crippen molar-refractivity contribution in [1.82, 2.24) is 9.55 Å². The van der Waals surface area contributed by atoms with E-state index in [1.165, 1.54) is 24.4 Å². The van der Waals surface area contributed by atoms with E-state index >= 15 is 0 Å². The molecule has 0 atom stereocenters. The van der Waals surface area contributed by atoms with E-state index < -0.39 is 11.6 Å². The van der Waals surface area contributed by atoms with Crippen LogP contribution in [0.4, 0.5) is 14.5 Å². The molecule has 3 rings (SSSR count). The lowest BCUT2D eigenvalue weighted by Crippen LogP contribution is -2.11. The minimum absolute atomic E-state index is 0.0158. The molecule has 2 aromatic heterocycles. The molecule has 1 amide bonds. The highest BCUT2D eigenvalue weighted by atomic mass is 19.1. The molecule has 1 aromatic carbocycles. The number of benzene rings is 1. The van der Waals surface area contributed by atoms with Gasteiger partial charge >= 0.3 is 0 Å². The first-order valence-corrected chi connectivity index (χ1v) is 7.34. The number of halogens is 2. The molecular weight excluding hydrogens is 312 g/mol. The summed E-state index contributed by atoms with van der Waals surface area (Å²) < 4.78 is 29.3. The number of rotatable bonds is 4. The lowest BCUT2D eigenvalue weighted by Gasteiger charge is -2.05. The third-order valence-electron chi connectivity index (χ3n) is 3.71. The summed E-state index contributed by atoms with van der Waals surface area (Å²) in [5.74, 6) is -1.51. The first-order chi connectivity index (χ1) is 11.5. The minimum atomic E-state index is -0.599. The van der Waals surface area contributed by atoms with E-state index in [2.05, 4.69) is 10.3 Å². The molecule has 0 spiro atoms. The number of anilines is 1. The highest BCUT2D eigenvalue weighted by Crippen LogP contribution is 2.19. The van der Waals surface area contributed by atoms with Crippen LogP contribution in [-0.2, 0) is 13.5 Å². The molecule has 0 aliphatic carbocycles. The average molecular weight is 327 g/mol. The fraction of sp³-hybridized carbons (Fsp3) is 0.111. The molecule has 24 heavy (non-hydrogen) atoms. The van der Waals surface area contributed by atoms with Crippen molar-refractivity contribution in [2.45, 2.75) is 6.42 Å². The zero-order chi connectivity index (χ0) is 17.1. The highest BCUT2D eigenvalue weighted by molar-refractivity contribution is 6.04. The smallest absolute Gasteiger partial charge is 0.257 e. The fourth-order valence-electron chi connectivity index (χ4n) is 2.43. The molecule has 0 aliphatic rings. The van der Waals surface area contributed by atoms with E-state index in [0.717, 1.165) is 0 Å². The van der Waals surface area contributed by atoms with Gasteiger partial charge in [-0.15, -0.1) is 0 Å². The number of nitrogens with zero attached hydrogens (tertiary/aromatic N) is 2. The lowest BCUT2D eigenvalue weighted by atomic mass is 10.1. The molecule has 0 radical (unpaired) electrons. The Morgan fingerprint density at radius 1 is 1.21 bits per heavy atom. The van der Waals surface area contributed by atoms with E-state index in [9.17, 15) is 13.6 Å². The number of nitrogens with one attached hydrogen (secondary N) is 1. The van der Waals surface area contributed by atoms with Crippen LogP contribution < -0.4 is 5.32 Å². The molecule has 0 bridgehead atoms. The van der Waals surface area contributed by atoms with E-state index in [-0.39, 0.29) is 17.9 Å². The maximum atomic E-state index is 13.8. The second kappa shape index (κ2) is 6.62. The summed E-state index contributed by atoms with van der Waals surface area (Å²) in [5, 5.41) is 2.72. The van der Waals surface area contributed by atoms with E-state index in [1.54, 1.807) is 42.2 Å². The number of hydrogen-bond acceptors (Lipinski definition) is 2. The SMILES string of the molecule is Cn1cc(C(=O)Nc2cccnc2)cc1Cc1c(F)cccc1F. The molecule has 3 aromatic rings. The summed E-state index contributed by atoms with van der Waals surface area (Å²) >= 11 is 0. The Kier molecular flexibility index (Phi) is 4.37. The van der Waals surface area contributed by atoms with Gasteiger partial charge in [-0.2, -0.15) is 0 Å². The molecule has 0 saturated carbocycles. The van der Waals surface area contributed by atoms with Crippen LogP contribution >= 0.6 is 0 Å². The Labute approximate surface area is 137 Å². The summed E-state index contributed by atoms with van der Waals surface area (Å²) in [5.41, 5.74) is 1.61. The van der Waals surface area contributed by atoms with Crippen molar-refractivity contribution in [3.05, 3.63) is 83.4 Å². The number of aromatic nitrogens is 2. The van der Waals surface area contributed by atoms with Crippen LogP contribution in [0.3, 0.4) is 0 Å². The van der Waals surface area contributed by atoms with Crippen molar-refractivity contribution in [3.8, 4) is 0 Å². The quantitative estimate of drug-likeness (QED) is 0.797. The maximum absolute atomic E-state index is 13.8. The Morgan fingerprint density at radius 2 is 1.96 bits per heavy atom. The van der Waals surface area contributed by atoms with E-state index in [0.29, 0.717) is 16.9 Å². The summed E-state index contributed by atoms with van der Waals surface area (Å²) in [6.45, 7) is 0. The van der Waals surface area contributed by atoms with Gasteiger partial charge in [0.05, 0.1) is 17.4 Å². The van der Waals surface area contributed by atoms with Crippen LogP contribution in [0.1, 0.15) is 21.6 Å². The van der Waals surface area contributed by atoms with Gasteiger partial charge in [-0.05, 0) is 30.3 Å². The molecule has 2 heterocycles. The Balaban J connectivity index is 1.81. The highest BCUT2D eigenvalue weighted by Gasteiger charge is 2.15. The summed E-state index contributed by atoms with van der Waals surface area (Å²) in [6, 6.07) is 8.83. The largest absolute Gasteiger partial charge is 0.353 e. The van der Waals surface area contributed by atoms with Gasteiger partial charge in [-0.25, -0.2) is 8.78 Å². The number of hydrogen-bond donors (Lipinski definition) is 1. The second-order valence-electron chi connectivity index (χ2n) is 5.40. The van der Waals surface area contributed by atoms with Crippen LogP contribution in [-0.4, -0.2) is 15.5 Å². The third kappa shape index (κ3) is 3.32. The zero-order valence-corrected chi connectivity index (χ0v) is 13.0. The van der Waals surface area contributed by atoms with Crippen LogP contribution in [0.2, 0.25) is 0 Å². The van der Waals surface area contributed by atoms with Gasteiger partial charge in [0.25, 0.3) is 5.91 Å². The number of aryl methyl sites for hydroxylation is 1. The van der Waals surface area contributed by atoms with Crippen molar-refractivity contribution in [2.24, 2.45) is 7.05 Å². The van der Waals surface area contributed by atoms with Crippen molar-refractivity contribution in [1.29, 1.82) is 0 Å². The van der Waals surface area contributed by atoms with Crippen molar-refractivity contribution in [2.75, 3.05) is 5.32 Å². The molecule has 122 valence electrons. The Bertz CT molecular complexity index is 855. The first-order valence-electron chi connectivity index (χ1n) is 7.34. The molecule has 4 nitrogen and oxygen atoms in total. The molecular formula is C18H15F2N3O. The van der Waals surface area contributed by atoms with Gasteiger partial charge in [0.2, 0.25) is 0 Å². The molecule has 1 N–H and O–H groups in total. The van der Waals surface area contributed by atoms with E-state index in [4.69, 9.17) is 0 Å². The topological polar surface area (TPSA) is 46.9 Å². The minimum Gasteiger partial charge on any atom is -0.353 e. The van der Waals surface area contributed by atoms with Crippen molar-refractivity contribution < 1.29 is 13.6 Å². The van der Waals surface area contributed by atoms with Crippen LogP contribution in [0.25, 0.3) is 0 Å². The zero-order valence-electron chi connectivity index (χ0n) is 13.0.